The second kappa shape index (κ2) is 10.4. The van der Waals surface area contributed by atoms with Gasteiger partial charge in [-0.1, -0.05) is 53.0 Å². The van der Waals surface area contributed by atoms with Gasteiger partial charge in [0.25, 0.3) is 5.91 Å². The fraction of sp³-hybridized carbons (Fsp3) is 0.217. The summed E-state index contributed by atoms with van der Waals surface area (Å²) in [4.78, 5) is 32.6. The van der Waals surface area contributed by atoms with Gasteiger partial charge < -0.3 is 14.8 Å². The summed E-state index contributed by atoms with van der Waals surface area (Å²) in [6, 6.07) is 12.1. The lowest BCUT2D eigenvalue weighted by Gasteiger charge is -2.23. The number of amides is 1. The molecule has 172 valence electrons. The Morgan fingerprint density at radius 3 is 2.15 bits per heavy atom. The zero-order valence-electron chi connectivity index (χ0n) is 17.9. The molecule has 7 nitrogen and oxygen atoms in total. The Balaban J connectivity index is 1.85. The molecule has 1 aromatic heterocycles. The van der Waals surface area contributed by atoms with E-state index in [4.69, 9.17) is 44.3 Å². The van der Waals surface area contributed by atoms with Crippen molar-refractivity contribution in [3.8, 4) is 6.01 Å². The van der Waals surface area contributed by atoms with Crippen LogP contribution in [0.15, 0.2) is 54.9 Å². The van der Waals surface area contributed by atoms with E-state index in [-0.39, 0.29) is 11.6 Å². The van der Waals surface area contributed by atoms with Crippen LogP contribution in [0.1, 0.15) is 41.4 Å². The van der Waals surface area contributed by atoms with Crippen molar-refractivity contribution in [2.75, 3.05) is 7.11 Å². The Morgan fingerprint density at radius 1 is 0.970 bits per heavy atom. The van der Waals surface area contributed by atoms with Gasteiger partial charge in [-0.25, -0.2) is 14.8 Å². The average Bonchev–Trinajstić information content (AvgIpc) is 2.78. The van der Waals surface area contributed by atoms with E-state index in [9.17, 15) is 9.59 Å². The van der Waals surface area contributed by atoms with Crippen molar-refractivity contribution in [3.63, 3.8) is 0 Å². The summed E-state index contributed by atoms with van der Waals surface area (Å²) in [5.74, 6) is -1.12. The molecule has 1 N–H and O–H groups in total. The van der Waals surface area contributed by atoms with Crippen molar-refractivity contribution in [2.24, 2.45) is 0 Å². The third kappa shape index (κ3) is 6.13. The largest absolute Gasteiger partial charge is 0.467 e. The Morgan fingerprint density at radius 2 is 1.58 bits per heavy atom. The molecule has 3 aromatic rings. The minimum absolute atomic E-state index is 0.0183. The number of esters is 1. The van der Waals surface area contributed by atoms with E-state index in [2.05, 4.69) is 15.3 Å². The van der Waals surface area contributed by atoms with Gasteiger partial charge in [0.2, 0.25) is 0 Å². The van der Waals surface area contributed by atoms with Crippen LogP contribution < -0.4 is 10.1 Å². The van der Waals surface area contributed by atoms with Crippen LogP contribution in [-0.4, -0.2) is 34.5 Å². The fourth-order valence-corrected chi connectivity index (χ4v) is 3.56. The molecule has 0 radical (unpaired) electrons. The molecule has 1 heterocycles. The van der Waals surface area contributed by atoms with Crippen molar-refractivity contribution in [2.45, 2.75) is 25.5 Å². The predicted molar refractivity (Wildman–Crippen MR) is 126 cm³/mol. The zero-order chi connectivity index (χ0) is 24.2. The number of carbonyl (C=O) groups excluding carboxylic acids is 2. The number of methoxy groups -OCH3 is 1. The molecular weight excluding hydrogens is 489 g/mol. The van der Waals surface area contributed by atoms with Crippen LogP contribution in [0.4, 0.5) is 0 Å². The highest BCUT2D eigenvalue weighted by atomic mass is 35.5. The van der Waals surface area contributed by atoms with Crippen molar-refractivity contribution < 1.29 is 19.1 Å². The van der Waals surface area contributed by atoms with Crippen LogP contribution in [-0.2, 0) is 9.53 Å². The highest BCUT2D eigenvalue weighted by molar-refractivity contribution is 6.35. The topological polar surface area (TPSA) is 90.4 Å². The number of benzene rings is 2. The van der Waals surface area contributed by atoms with Crippen LogP contribution in [0.3, 0.4) is 0 Å². The van der Waals surface area contributed by atoms with Gasteiger partial charge in [-0.15, -0.1) is 0 Å². The van der Waals surface area contributed by atoms with Gasteiger partial charge in [0.15, 0.2) is 6.10 Å². The molecule has 2 aromatic carbocycles. The predicted octanol–water partition coefficient (Wildman–Crippen LogP) is 5.29. The molecule has 0 aliphatic carbocycles. The van der Waals surface area contributed by atoms with Gasteiger partial charge in [0, 0.05) is 33.0 Å². The number of hydrogen-bond donors (Lipinski definition) is 1. The number of carbonyl (C=O) groups is 2. The van der Waals surface area contributed by atoms with Gasteiger partial charge in [-0.2, -0.15) is 0 Å². The molecule has 1 atom stereocenters. The number of halogens is 3. The van der Waals surface area contributed by atoms with Crippen LogP contribution in [0, 0.1) is 0 Å². The third-order valence-electron chi connectivity index (χ3n) is 4.65. The lowest BCUT2D eigenvalue weighted by atomic mass is 10.0. The molecule has 0 aliphatic rings. The summed E-state index contributed by atoms with van der Waals surface area (Å²) in [6.45, 7) is 3.06. The summed E-state index contributed by atoms with van der Waals surface area (Å²) in [6.07, 6.45) is 1.94. The molecular formula is C23H20Cl3N3O4. The Labute approximate surface area is 206 Å². The van der Waals surface area contributed by atoms with Crippen molar-refractivity contribution in [3.05, 3.63) is 86.6 Å². The number of ether oxygens (including phenoxy) is 2. The first-order chi connectivity index (χ1) is 15.6. The number of rotatable bonds is 7. The highest BCUT2D eigenvalue weighted by Gasteiger charge is 2.31. The Hall–Kier alpha value is -2.87. The minimum atomic E-state index is -1.22. The van der Waals surface area contributed by atoms with Gasteiger partial charge >= 0.3 is 12.0 Å². The third-order valence-corrected chi connectivity index (χ3v) is 5.47. The second-order valence-electron chi connectivity index (χ2n) is 7.54. The monoisotopic (exact) mass is 507 g/mol. The number of nitrogens with zero attached hydrogens (tertiary/aromatic N) is 2. The van der Waals surface area contributed by atoms with Crippen LogP contribution in [0.5, 0.6) is 6.01 Å². The van der Waals surface area contributed by atoms with Gasteiger partial charge in [0.1, 0.15) is 5.54 Å². The average molecular weight is 509 g/mol. The van der Waals surface area contributed by atoms with E-state index in [1.807, 2.05) is 0 Å². The molecule has 3 rings (SSSR count). The maximum absolute atomic E-state index is 12.5. The summed E-state index contributed by atoms with van der Waals surface area (Å²) in [5.41, 5.74) is 0.334. The first-order valence-corrected chi connectivity index (χ1v) is 10.8. The SMILES string of the molecule is COC(=O)C(C)(C)NC(=O)c1cnc(OC(c2ccc(Cl)cc2)c2ccc(Cl)cc2Cl)nc1. The normalized spacial score (nSPS) is 12.1. The van der Waals surface area contributed by atoms with Gasteiger partial charge in [-0.05, 0) is 43.7 Å². The number of hydrogen-bond acceptors (Lipinski definition) is 6. The lowest BCUT2D eigenvalue weighted by molar-refractivity contribution is -0.146. The molecule has 0 aliphatic heterocycles. The molecule has 0 saturated carbocycles. The maximum atomic E-state index is 12.5. The standard InChI is InChI=1S/C23H20Cl3N3O4/c1-23(2,21(31)32-3)29-20(30)14-11-27-22(28-12-14)33-19(13-4-6-15(24)7-5-13)17-9-8-16(25)10-18(17)26/h4-12,19H,1-3H3,(H,29,30). The number of nitrogens with one attached hydrogen (secondary N) is 1. The molecule has 0 bridgehead atoms. The smallest absolute Gasteiger partial charge is 0.330 e. The Kier molecular flexibility index (Phi) is 7.79. The first-order valence-electron chi connectivity index (χ1n) is 9.71. The highest BCUT2D eigenvalue weighted by Crippen LogP contribution is 2.33. The summed E-state index contributed by atoms with van der Waals surface area (Å²) >= 11 is 18.5. The number of aromatic nitrogens is 2. The molecule has 0 saturated heterocycles. The van der Waals surface area contributed by atoms with E-state index in [1.54, 1.807) is 42.5 Å². The molecule has 1 amide bonds. The molecule has 33 heavy (non-hydrogen) atoms. The maximum Gasteiger partial charge on any atom is 0.330 e. The van der Waals surface area contributed by atoms with E-state index >= 15 is 0 Å². The van der Waals surface area contributed by atoms with E-state index in [1.165, 1.54) is 33.4 Å². The summed E-state index contributed by atoms with van der Waals surface area (Å²) in [5, 5.41) is 4.04. The van der Waals surface area contributed by atoms with E-state index in [0.29, 0.717) is 20.6 Å². The van der Waals surface area contributed by atoms with Gasteiger partial charge in [0.05, 0.1) is 12.7 Å². The second-order valence-corrected chi connectivity index (χ2v) is 8.82. The zero-order valence-corrected chi connectivity index (χ0v) is 20.2. The quantitative estimate of drug-likeness (QED) is 0.436. The van der Waals surface area contributed by atoms with Crippen molar-refractivity contribution in [1.29, 1.82) is 0 Å². The fourth-order valence-electron chi connectivity index (χ4n) is 2.92. The summed E-state index contributed by atoms with van der Waals surface area (Å²) < 4.78 is 10.7. The van der Waals surface area contributed by atoms with Crippen LogP contribution in [0.2, 0.25) is 15.1 Å². The molecule has 10 heteroatoms. The van der Waals surface area contributed by atoms with Crippen LogP contribution >= 0.6 is 34.8 Å². The summed E-state index contributed by atoms with van der Waals surface area (Å²) in [7, 11) is 1.25. The van der Waals surface area contributed by atoms with E-state index in [0.717, 1.165) is 5.56 Å². The first kappa shape index (κ1) is 24.8. The van der Waals surface area contributed by atoms with Crippen molar-refractivity contribution in [1.82, 2.24) is 15.3 Å². The van der Waals surface area contributed by atoms with Crippen molar-refractivity contribution >= 4 is 46.7 Å². The molecule has 0 fully saturated rings. The molecule has 0 spiro atoms. The lowest BCUT2D eigenvalue weighted by Crippen LogP contribution is -2.50. The Bertz CT molecular complexity index is 1150. The minimum Gasteiger partial charge on any atom is -0.467 e. The van der Waals surface area contributed by atoms with Crippen LogP contribution in [0.25, 0.3) is 0 Å². The van der Waals surface area contributed by atoms with E-state index < -0.39 is 23.5 Å². The molecule has 1 unspecified atom stereocenters. The van der Waals surface area contributed by atoms with Gasteiger partial charge in [-0.3, -0.25) is 4.79 Å².